The standard InChI is InChI=1S/C31H37Cl2FN2O2/c1-17-8-10-18(11-9-17)14-24(37)28-26(20-6-5-7-22(33)27(20)34)31(25(36-28)16-30(2,3)4)21-13-12-19(32)15-23(21)35-29(31)38/h5-7,12-13,15,17-18,25-26,28,36H,8-11,14,16H2,1-4H3,(H,35,38)/t17?,18?,25-,26-,28-,31+/m0/s1. The van der Waals surface area contributed by atoms with Crippen LogP contribution in [0.3, 0.4) is 0 Å². The van der Waals surface area contributed by atoms with Gasteiger partial charge in [-0.2, -0.15) is 0 Å². The molecule has 1 amide bonds. The van der Waals surface area contributed by atoms with Gasteiger partial charge in [-0.15, -0.1) is 0 Å². The van der Waals surface area contributed by atoms with E-state index in [0.717, 1.165) is 31.2 Å². The molecule has 204 valence electrons. The van der Waals surface area contributed by atoms with Gasteiger partial charge < -0.3 is 10.6 Å². The van der Waals surface area contributed by atoms with Gasteiger partial charge in [0, 0.05) is 29.1 Å². The van der Waals surface area contributed by atoms with E-state index in [2.05, 4.69) is 38.3 Å². The molecule has 0 unspecified atom stereocenters. The Morgan fingerprint density at radius 3 is 2.50 bits per heavy atom. The fourth-order valence-electron chi connectivity index (χ4n) is 7.15. The highest BCUT2D eigenvalue weighted by Gasteiger charge is 2.66. The molecule has 1 saturated heterocycles. The third-order valence-corrected chi connectivity index (χ3v) is 9.44. The van der Waals surface area contributed by atoms with Gasteiger partial charge in [-0.05, 0) is 65.8 Å². The molecule has 0 bridgehead atoms. The largest absolute Gasteiger partial charge is 0.325 e. The van der Waals surface area contributed by atoms with Gasteiger partial charge in [-0.25, -0.2) is 4.39 Å². The van der Waals surface area contributed by atoms with E-state index >= 15 is 4.39 Å². The van der Waals surface area contributed by atoms with Crippen molar-refractivity contribution >= 4 is 40.6 Å². The van der Waals surface area contributed by atoms with Crippen molar-refractivity contribution < 1.29 is 14.0 Å². The number of fused-ring (bicyclic) bond motifs is 2. The van der Waals surface area contributed by atoms with Crippen LogP contribution >= 0.6 is 23.2 Å². The number of hydrogen-bond donors (Lipinski definition) is 2. The van der Waals surface area contributed by atoms with E-state index in [0.29, 0.717) is 41.0 Å². The molecule has 5 rings (SSSR count). The molecule has 2 fully saturated rings. The second-order valence-corrected chi connectivity index (χ2v) is 13.7. The minimum absolute atomic E-state index is 0.0147. The van der Waals surface area contributed by atoms with E-state index in [1.807, 2.05) is 6.07 Å². The van der Waals surface area contributed by atoms with Crippen molar-refractivity contribution in [3.05, 3.63) is 63.4 Å². The quantitative estimate of drug-likeness (QED) is 0.395. The number of carbonyl (C=O) groups excluding carboxylic acids is 2. The molecule has 1 saturated carbocycles. The number of anilines is 1. The van der Waals surface area contributed by atoms with Crippen LogP contribution in [-0.4, -0.2) is 23.8 Å². The zero-order valence-corrected chi connectivity index (χ0v) is 24.1. The average Bonchev–Trinajstić information content (AvgIpc) is 3.31. The van der Waals surface area contributed by atoms with Crippen molar-refractivity contribution in [3.8, 4) is 0 Å². The number of nitrogens with one attached hydrogen (secondary N) is 2. The molecule has 7 heteroatoms. The lowest BCUT2D eigenvalue weighted by molar-refractivity contribution is -0.123. The predicted molar refractivity (Wildman–Crippen MR) is 151 cm³/mol. The average molecular weight is 560 g/mol. The van der Waals surface area contributed by atoms with Crippen molar-refractivity contribution in [1.82, 2.24) is 5.32 Å². The lowest BCUT2D eigenvalue weighted by Gasteiger charge is -2.38. The van der Waals surface area contributed by atoms with Crippen LogP contribution in [-0.2, 0) is 15.0 Å². The highest BCUT2D eigenvalue weighted by Crippen LogP contribution is 2.57. The van der Waals surface area contributed by atoms with E-state index in [1.54, 1.807) is 24.3 Å². The van der Waals surface area contributed by atoms with Gasteiger partial charge in [-0.1, -0.05) is 81.9 Å². The number of Topliss-reactive ketones (excluding diaryl/α,β-unsaturated/α-hetero) is 1. The van der Waals surface area contributed by atoms with Crippen LogP contribution in [0.5, 0.6) is 0 Å². The molecule has 4 atom stereocenters. The monoisotopic (exact) mass is 558 g/mol. The van der Waals surface area contributed by atoms with Gasteiger partial charge >= 0.3 is 0 Å². The highest BCUT2D eigenvalue weighted by molar-refractivity contribution is 6.31. The Labute approximate surface area is 235 Å². The third kappa shape index (κ3) is 4.80. The molecule has 0 aromatic heterocycles. The molecule has 0 radical (unpaired) electrons. The van der Waals surface area contributed by atoms with Gasteiger partial charge in [0.25, 0.3) is 0 Å². The molecule has 38 heavy (non-hydrogen) atoms. The normalized spacial score (nSPS) is 30.9. The maximum Gasteiger partial charge on any atom is 0.237 e. The summed E-state index contributed by atoms with van der Waals surface area (Å²) in [6.45, 7) is 8.61. The first-order chi connectivity index (χ1) is 17.9. The van der Waals surface area contributed by atoms with Gasteiger partial charge in [0.05, 0.1) is 11.1 Å². The lowest BCUT2D eigenvalue weighted by atomic mass is 9.62. The van der Waals surface area contributed by atoms with Crippen molar-refractivity contribution in [3.63, 3.8) is 0 Å². The predicted octanol–water partition coefficient (Wildman–Crippen LogP) is 7.67. The van der Waals surface area contributed by atoms with Crippen LogP contribution in [0.25, 0.3) is 0 Å². The maximum absolute atomic E-state index is 15.8. The molecule has 2 aliphatic heterocycles. The van der Waals surface area contributed by atoms with Crippen LogP contribution in [0.4, 0.5) is 10.1 Å². The van der Waals surface area contributed by atoms with Gasteiger partial charge in [-0.3, -0.25) is 9.59 Å². The second kappa shape index (κ2) is 10.2. The first-order valence-corrected chi connectivity index (χ1v) is 14.5. The molecule has 2 N–H and O–H groups in total. The number of hydrogen-bond acceptors (Lipinski definition) is 3. The second-order valence-electron chi connectivity index (χ2n) is 12.9. The molecule has 2 aromatic carbocycles. The summed E-state index contributed by atoms with van der Waals surface area (Å²) < 4.78 is 15.8. The zero-order chi connectivity index (χ0) is 27.4. The van der Waals surface area contributed by atoms with Crippen molar-refractivity contribution in [2.24, 2.45) is 17.3 Å². The molecule has 1 spiro atoms. The SMILES string of the molecule is CC1CCC(CC(=O)[C@@H]2N[C@@H](CC(C)(C)C)[C@@]3(C(=O)Nc4cc(Cl)ccc43)[C@H]2c2cccc(Cl)c2F)CC1. The molecule has 3 aliphatic rings. The van der Waals surface area contributed by atoms with E-state index in [9.17, 15) is 9.59 Å². The minimum atomic E-state index is -1.19. The van der Waals surface area contributed by atoms with Crippen molar-refractivity contribution in [1.29, 1.82) is 0 Å². The van der Waals surface area contributed by atoms with Crippen LogP contribution in [0, 0.1) is 23.1 Å². The van der Waals surface area contributed by atoms with Crippen LogP contribution < -0.4 is 10.6 Å². The molecular weight excluding hydrogens is 522 g/mol. The smallest absolute Gasteiger partial charge is 0.237 e. The number of benzene rings is 2. The Kier molecular flexibility index (Phi) is 7.43. The first-order valence-electron chi connectivity index (χ1n) is 13.8. The number of amides is 1. The van der Waals surface area contributed by atoms with E-state index in [4.69, 9.17) is 23.2 Å². The summed E-state index contributed by atoms with van der Waals surface area (Å²) in [6, 6.07) is 9.13. The third-order valence-electron chi connectivity index (χ3n) is 8.91. The maximum atomic E-state index is 15.8. The highest BCUT2D eigenvalue weighted by atomic mass is 35.5. The van der Waals surface area contributed by atoms with E-state index in [-0.39, 0.29) is 22.1 Å². The Morgan fingerprint density at radius 1 is 1.11 bits per heavy atom. The molecule has 2 heterocycles. The number of ketones is 1. The number of carbonyl (C=O) groups is 2. The van der Waals surface area contributed by atoms with Crippen LogP contribution in [0.1, 0.15) is 83.3 Å². The molecule has 2 aromatic rings. The van der Waals surface area contributed by atoms with Gasteiger partial charge in [0.2, 0.25) is 5.91 Å². The summed E-state index contributed by atoms with van der Waals surface area (Å²) in [5, 5.41) is 7.13. The van der Waals surface area contributed by atoms with Crippen molar-refractivity contribution in [2.75, 3.05) is 5.32 Å². The van der Waals surface area contributed by atoms with Crippen LogP contribution in [0.2, 0.25) is 10.0 Å². The Hall–Kier alpha value is -1.95. The van der Waals surface area contributed by atoms with E-state index in [1.165, 1.54) is 6.07 Å². The van der Waals surface area contributed by atoms with Crippen molar-refractivity contribution in [2.45, 2.75) is 89.6 Å². The number of rotatable bonds is 5. The first kappa shape index (κ1) is 27.6. The minimum Gasteiger partial charge on any atom is -0.325 e. The topological polar surface area (TPSA) is 58.2 Å². The van der Waals surface area contributed by atoms with Crippen LogP contribution in [0.15, 0.2) is 36.4 Å². The molecule has 1 aliphatic carbocycles. The van der Waals surface area contributed by atoms with E-state index < -0.39 is 29.2 Å². The Balaban J connectivity index is 1.67. The summed E-state index contributed by atoms with van der Waals surface area (Å²) >= 11 is 12.6. The Morgan fingerprint density at radius 2 is 1.82 bits per heavy atom. The molecular formula is C31H37Cl2FN2O2. The summed E-state index contributed by atoms with van der Waals surface area (Å²) in [4.78, 5) is 28.3. The summed E-state index contributed by atoms with van der Waals surface area (Å²) in [5.74, 6) is -0.527. The fourth-order valence-corrected chi connectivity index (χ4v) is 7.50. The lowest BCUT2D eigenvalue weighted by Crippen LogP contribution is -2.49. The number of halogens is 3. The zero-order valence-electron chi connectivity index (χ0n) is 22.5. The Bertz CT molecular complexity index is 1250. The fraction of sp³-hybridized carbons (Fsp3) is 0.548. The summed E-state index contributed by atoms with van der Waals surface area (Å²) in [7, 11) is 0. The summed E-state index contributed by atoms with van der Waals surface area (Å²) in [6.07, 6.45) is 5.33. The molecule has 4 nitrogen and oxygen atoms in total. The van der Waals surface area contributed by atoms with Gasteiger partial charge in [0.1, 0.15) is 11.2 Å². The summed E-state index contributed by atoms with van der Waals surface area (Å²) in [5.41, 5.74) is 0.314. The van der Waals surface area contributed by atoms with Gasteiger partial charge in [0.15, 0.2) is 5.78 Å².